The molecule has 2 aromatic heterocycles. The van der Waals surface area contributed by atoms with Crippen LogP contribution in [-0.2, 0) is 16.0 Å². The van der Waals surface area contributed by atoms with E-state index in [2.05, 4.69) is 19.9 Å². The summed E-state index contributed by atoms with van der Waals surface area (Å²) in [5.74, 6) is 0.816. The van der Waals surface area contributed by atoms with Gasteiger partial charge in [-0.25, -0.2) is 19.3 Å². The van der Waals surface area contributed by atoms with Gasteiger partial charge in [0, 0.05) is 29.4 Å². The Labute approximate surface area is 222 Å². The van der Waals surface area contributed by atoms with Crippen LogP contribution in [0, 0.1) is 5.41 Å². The van der Waals surface area contributed by atoms with Crippen LogP contribution in [0.3, 0.4) is 0 Å². The highest BCUT2D eigenvalue weighted by Crippen LogP contribution is 2.42. The molecule has 12 heteroatoms. The highest BCUT2D eigenvalue weighted by molar-refractivity contribution is 7.99. The van der Waals surface area contributed by atoms with Gasteiger partial charge in [0.25, 0.3) is 5.56 Å². The van der Waals surface area contributed by atoms with Crippen LogP contribution in [0.15, 0.2) is 45.6 Å². The van der Waals surface area contributed by atoms with Crippen molar-refractivity contribution in [1.82, 2.24) is 19.5 Å². The number of alkyl halides is 1. The molecule has 6 rings (SSSR count). The molecule has 0 radical (unpaired) electrons. The smallest absolute Gasteiger partial charge is 0.262 e. The largest absolute Gasteiger partial charge is 0.376 e. The van der Waals surface area contributed by atoms with Crippen molar-refractivity contribution in [3.63, 3.8) is 0 Å². The Morgan fingerprint density at radius 3 is 2.59 bits per heavy atom. The fraction of sp³-hybridized carbons (Fsp3) is 0.520. The molecule has 196 valence electrons. The molecule has 3 aliphatic rings. The Morgan fingerprint density at radius 1 is 1.19 bits per heavy atom. The van der Waals surface area contributed by atoms with Gasteiger partial charge in [0.05, 0.1) is 67.1 Å². The fourth-order valence-corrected chi connectivity index (χ4v) is 6.51. The number of halogens is 2. The van der Waals surface area contributed by atoms with Crippen LogP contribution in [0.25, 0.3) is 10.9 Å². The summed E-state index contributed by atoms with van der Waals surface area (Å²) in [6.45, 7) is 4.29. The minimum Gasteiger partial charge on any atom is -0.376 e. The number of piperidine rings is 1. The molecule has 0 aliphatic carbocycles. The van der Waals surface area contributed by atoms with Gasteiger partial charge in [-0.1, -0.05) is 23.4 Å². The molecule has 5 heterocycles. The van der Waals surface area contributed by atoms with Crippen molar-refractivity contribution in [2.24, 2.45) is 11.1 Å². The van der Waals surface area contributed by atoms with Gasteiger partial charge >= 0.3 is 0 Å². The number of fused-ring (bicyclic) bond motifs is 1. The predicted octanol–water partition coefficient (Wildman–Crippen LogP) is 3.06. The zero-order valence-electron chi connectivity index (χ0n) is 20.4. The van der Waals surface area contributed by atoms with E-state index in [-0.39, 0.29) is 53.3 Å². The molecule has 0 saturated carbocycles. The zero-order chi connectivity index (χ0) is 25.8. The summed E-state index contributed by atoms with van der Waals surface area (Å²) < 4.78 is 26.6. The Kier molecular flexibility index (Phi) is 6.39. The standard InChI is InChI=1S/C25H28ClFN6O3S/c1-15-22(28)24(11-36-15)4-6-32(7-5-24)18-8-30-19(9-29-18)37-17-3-2-16-20(21(17)26)23(34)33(14-31-16)10-25(27)12-35-13-25/h2-3,8-9,14-15,22H,4-7,10-13,28H2,1H3/t15-,22+/m0/s1. The molecule has 9 nitrogen and oxygen atoms in total. The number of rotatable bonds is 5. The van der Waals surface area contributed by atoms with E-state index in [1.807, 2.05) is 6.92 Å². The Hall–Kier alpha value is -2.31. The van der Waals surface area contributed by atoms with Crippen molar-refractivity contribution in [2.75, 3.05) is 37.8 Å². The maximum absolute atomic E-state index is 14.5. The van der Waals surface area contributed by atoms with Gasteiger partial charge in [-0.05, 0) is 31.9 Å². The number of nitrogens with zero attached hydrogens (tertiary/aromatic N) is 5. The van der Waals surface area contributed by atoms with Crippen LogP contribution in [0.1, 0.15) is 19.8 Å². The third kappa shape index (κ3) is 4.50. The van der Waals surface area contributed by atoms with E-state index in [1.165, 1.54) is 22.7 Å². The number of benzene rings is 1. The molecule has 2 N–H and O–H groups in total. The molecule has 3 saturated heterocycles. The topological polar surface area (TPSA) is 108 Å². The van der Waals surface area contributed by atoms with Crippen molar-refractivity contribution in [3.8, 4) is 0 Å². The van der Waals surface area contributed by atoms with Crippen LogP contribution in [0.4, 0.5) is 10.2 Å². The van der Waals surface area contributed by atoms with Gasteiger partial charge in [-0.2, -0.15) is 0 Å². The summed E-state index contributed by atoms with van der Waals surface area (Å²) in [6, 6.07) is 3.60. The molecule has 3 fully saturated rings. The van der Waals surface area contributed by atoms with Crippen molar-refractivity contribution >= 4 is 40.1 Å². The summed E-state index contributed by atoms with van der Waals surface area (Å²) in [6.07, 6.45) is 6.85. The third-order valence-electron chi connectivity index (χ3n) is 7.83. The Bertz CT molecular complexity index is 1380. The zero-order valence-corrected chi connectivity index (χ0v) is 22.0. The van der Waals surface area contributed by atoms with Gasteiger partial charge in [-0.3, -0.25) is 9.36 Å². The first-order valence-corrected chi connectivity index (χ1v) is 13.5. The van der Waals surface area contributed by atoms with E-state index in [4.69, 9.17) is 26.8 Å². The minimum absolute atomic E-state index is 0.0325. The van der Waals surface area contributed by atoms with Gasteiger partial charge in [0.1, 0.15) is 10.8 Å². The van der Waals surface area contributed by atoms with Crippen molar-refractivity contribution in [3.05, 3.63) is 46.2 Å². The number of nitrogens with two attached hydrogens (primary N) is 1. The third-order valence-corrected chi connectivity index (χ3v) is 9.31. The highest BCUT2D eigenvalue weighted by atomic mass is 35.5. The number of aromatic nitrogens is 4. The molecule has 0 unspecified atom stereocenters. The first kappa shape index (κ1) is 25.0. The van der Waals surface area contributed by atoms with E-state index in [0.717, 1.165) is 38.4 Å². The first-order chi connectivity index (χ1) is 17.8. The second-order valence-corrected chi connectivity index (χ2v) is 11.7. The maximum atomic E-state index is 14.5. The lowest BCUT2D eigenvalue weighted by molar-refractivity contribution is -0.137. The van der Waals surface area contributed by atoms with E-state index in [1.54, 1.807) is 24.5 Å². The summed E-state index contributed by atoms with van der Waals surface area (Å²) in [5, 5.41) is 1.17. The fourth-order valence-electron chi connectivity index (χ4n) is 5.39. The second kappa shape index (κ2) is 9.46. The van der Waals surface area contributed by atoms with Gasteiger partial charge < -0.3 is 20.1 Å². The molecule has 0 bridgehead atoms. The van der Waals surface area contributed by atoms with Crippen LogP contribution in [0.5, 0.6) is 0 Å². The predicted molar refractivity (Wildman–Crippen MR) is 139 cm³/mol. The molecule has 1 aromatic carbocycles. The molecule has 37 heavy (non-hydrogen) atoms. The number of hydrogen-bond acceptors (Lipinski definition) is 9. The van der Waals surface area contributed by atoms with Gasteiger partial charge in [-0.15, -0.1) is 0 Å². The Morgan fingerprint density at radius 2 is 1.97 bits per heavy atom. The average Bonchev–Trinajstić information content (AvgIpc) is 3.15. The average molecular weight is 547 g/mol. The van der Waals surface area contributed by atoms with Crippen molar-refractivity contribution in [1.29, 1.82) is 0 Å². The minimum atomic E-state index is -1.56. The summed E-state index contributed by atoms with van der Waals surface area (Å²) in [4.78, 5) is 29.5. The molecular weight excluding hydrogens is 519 g/mol. The summed E-state index contributed by atoms with van der Waals surface area (Å²) in [7, 11) is 0. The van der Waals surface area contributed by atoms with Gasteiger partial charge in [0.2, 0.25) is 0 Å². The van der Waals surface area contributed by atoms with Crippen LogP contribution in [-0.4, -0.2) is 70.2 Å². The molecular formula is C25H28ClFN6O3S. The molecule has 0 amide bonds. The lowest BCUT2D eigenvalue weighted by Crippen LogP contribution is -2.50. The van der Waals surface area contributed by atoms with Crippen LogP contribution in [0.2, 0.25) is 5.02 Å². The SMILES string of the molecule is C[C@@H]1OCC2(CCN(c3cnc(Sc4ccc5ncn(CC6(F)COC6)c(=O)c5c4Cl)cn3)CC2)[C@@H]1N. The maximum Gasteiger partial charge on any atom is 0.262 e. The first-order valence-electron chi connectivity index (χ1n) is 12.3. The molecule has 2 atom stereocenters. The lowest BCUT2D eigenvalue weighted by atomic mass is 9.73. The number of ether oxygens (including phenoxy) is 2. The molecule has 3 aromatic rings. The molecule has 1 spiro atoms. The van der Waals surface area contributed by atoms with Crippen molar-refractivity contribution < 1.29 is 13.9 Å². The van der Waals surface area contributed by atoms with Crippen molar-refractivity contribution in [2.45, 2.75) is 54.0 Å². The monoisotopic (exact) mass is 546 g/mol. The van der Waals surface area contributed by atoms with Crippen LogP contribution >= 0.6 is 23.4 Å². The summed E-state index contributed by atoms with van der Waals surface area (Å²) in [5.41, 5.74) is 5.01. The van der Waals surface area contributed by atoms with E-state index < -0.39 is 5.67 Å². The quantitative estimate of drug-likeness (QED) is 0.516. The van der Waals surface area contributed by atoms with E-state index >= 15 is 0 Å². The van der Waals surface area contributed by atoms with E-state index in [9.17, 15) is 9.18 Å². The normalized spacial score (nSPS) is 24.5. The lowest BCUT2D eigenvalue weighted by Gasteiger charge is -2.41. The molecule has 3 aliphatic heterocycles. The highest BCUT2D eigenvalue weighted by Gasteiger charge is 2.47. The van der Waals surface area contributed by atoms with Crippen LogP contribution < -0.4 is 16.2 Å². The number of hydrogen-bond donors (Lipinski definition) is 1. The Balaban J connectivity index is 1.17. The van der Waals surface area contributed by atoms with E-state index in [0.29, 0.717) is 15.4 Å². The van der Waals surface area contributed by atoms with Gasteiger partial charge in [0.15, 0.2) is 5.67 Å². The summed E-state index contributed by atoms with van der Waals surface area (Å²) >= 11 is 7.97. The second-order valence-electron chi connectivity index (χ2n) is 10.3. The number of anilines is 1.